The third kappa shape index (κ3) is 3.75. The molecule has 6 heteroatoms. The molecule has 0 aromatic carbocycles. The Bertz CT molecular complexity index is 519. The Morgan fingerprint density at radius 1 is 1.43 bits per heavy atom. The normalized spacial score (nSPS) is 21.0. The summed E-state index contributed by atoms with van der Waals surface area (Å²) in [6, 6.07) is 2.94. The van der Waals surface area contributed by atoms with Crippen LogP contribution in [0.15, 0.2) is 29.4 Å². The monoisotopic (exact) mass is 308 g/mol. The van der Waals surface area contributed by atoms with Gasteiger partial charge in [-0.05, 0) is 30.4 Å². The molecule has 1 amide bonds. The second-order valence-electron chi connectivity index (χ2n) is 5.89. The molecule has 2 rings (SSSR count). The van der Waals surface area contributed by atoms with Crippen molar-refractivity contribution in [2.75, 3.05) is 12.3 Å². The molecule has 2 heterocycles. The molecule has 1 unspecified atom stereocenters. The third-order valence-electron chi connectivity index (χ3n) is 3.84. The van der Waals surface area contributed by atoms with E-state index in [0.29, 0.717) is 6.54 Å². The summed E-state index contributed by atoms with van der Waals surface area (Å²) in [5.74, 6) is -0.775. The summed E-state index contributed by atoms with van der Waals surface area (Å²) < 4.78 is 0. The fourth-order valence-electron chi connectivity index (χ4n) is 2.79. The molecular weight excluding hydrogens is 288 g/mol. The topological polar surface area (TPSA) is 70.5 Å². The zero-order chi connectivity index (χ0) is 15.5. The lowest BCUT2D eigenvalue weighted by atomic mass is 9.76. The van der Waals surface area contributed by atoms with Crippen LogP contribution in [0.1, 0.15) is 26.7 Å². The zero-order valence-corrected chi connectivity index (χ0v) is 13.1. The molecule has 21 heavy (non-hydrogen) atoms. The first-order valence-corrected chi connectivity index (χ1v) is 7.95. The first-order valence-electron chi connectivity index (χ1n) is 6.97. The molecule has 1 aliphatic heterocycles. The van der Waals surface area contributed by atoms with Crippen molar-refractivity contribution in [3.8, 4) is 0 Å². The smallest absolute Gasteiger partial charge is 0.326 e. The van der Waals surface area contributed by atoms with Crippen LogP contribution in [-0.4, -0.2) is 45.2 Å². The van der Waals surface area contributed by atoms with Crippen molar-refractivity contribution >= 4 is 23.6 Å². The fourth-order valence-corrected chi connectivity index (χ4v) is 3.56. The van der Waals surface area contributed by atoms with Gasteiger partial charge in [0, 0.05) is 23.8 Å². The van der Waals surface area contributed by atoms with Gasteiger partial charge in [-0.2, -0.15) is 0 Å². The summed E-state index contributed by atoms with van der Waals surface area (Å²) in [4.78, 5) is 30.4. The van der Waals surface area contributed by atoms with Crippen molar-refractivity contribution in [2.24, 2.45) is 5.41 Å². The Morgan fingerprint density at radius 2 is 2.10 bits per heavy atom. The van der Waals surface area contributed by atoms with Gasteiger partial charge in [0.15, 0.2) is 0 Å². The minimum atomic E-state index is -0.915. The molecule has 1 fully saturated rings. The number of carbonyl (C=O) groups is 2. The first-order chi connectivity index (χ1) is 9.92. The number of pyridine rings is 1. The van der Waals surface area contributed by atoms with Crippen LogP contribution in [0.2, 0.25) is 0 Å². The number of carboxylic acid groups (broad SMARTS) is 1. The van der Waals surface area contributed by atoms with Gasteiger partial charge in [-0.3, -0.25) is 9.78 Å². The lowest BCUT2D eigenvalue weighted by Gasteiger charge is -2.44. The van der Waals surface area contributed by atoms with E-state index in [1.807, 2.05) is 26.0 Å². The molecule has 0 bridgehead atoms. The molecule has 0 saturated carbocycles. The minimum Gasteiger partial charge on any atom is -0.480 e. The highest BCUT2D eigenvalue weighted by Gasteiger charge is 2.44. The van der Waals surface area contributed by atoms with Crippen molar-refractivity contribution in [2.45, 2.75) is 37.6 Å². The van der Waals surface area contributed by atoms with Crippen molar-refractivity contribution in [1.82, 2.24) is 9.88 Å². The zero-order valence-electron chi connectivity index (χ0n) is 12.3. The third-order valence-corrected chi connectivity index (χ3v) is 4.84. The van der Waals surface area contributed by atoms with Crippen molar-refractivity contribution in [1.29, 1.82) is 0 Å². The van der Waals surface area contributed by atoms with E-state index in [0.717, 1.165) is 17.7 Å². The van der Waals surface area contributed by atoms with E-state index in [1.54, 1.807) is 12.4 Å². The highest BCUT2D eigenvalue weighted by molar-refractivity contribution is 8.00. The first kappa shape index (κ1) is 15.8. The molecule has 1 aromatic rings. The Labute approximate surface area is 128 Å². The quantitative estimate of drug-likeness (QED) is 0.864. The summed E-state index contributed by atoms with van der Waals surface area (Å²) in [6.07, 6.45) is 5.03. The van der Waals surface area contributed by atoms with Crippen LogP contribution in [0.25, 0.3) is 0 Å². The van der Waals surface area contributed by atoms with Gasteiger partial charge in [0.25, 0.3) is 0 Å². The SMILES string of the molecule is CC1(C)CCCN(C(=O)CSc2ccncc2)C1C(=O)O. The van der Waals surface area contributed by atoms with Crippen LogP contribution >= 0.6 is 11.8 Å². The number of nitrogens with zero attached hydrogens (tertiary/aromatic N) is 2. The number of carbonyl (C=O) groups excluding carboxylic acids is 1. The maximum atomic E-state index is 12.4. The number of rotatable bonds is 4. The van der Waals surface area contributed by atoms with Crippen LogP contribution in [0.5, 0.6) is 0 Å². The van der Waals surface area contributed by atoms with Gasteiger partial charge in [-0.15, -0.1) is 11.8 Å². The molecule has 114 valence electrons. The Balaban J connectivity index is 2.04. The van der Waals surface area contributed by atoms with Crippen molar-refractivity contribution in [3.05, 3.63) is 24.5 Å². The molecule has 0 aliphatic carbocycles. The Kier molecular flexibility index (Phi) is 4.88. The second-order valence-corrected chi connectivity index (χ2v) is 6.94. The van der Waals surface area contributed by atoms with Gasteiger partial charge >= 0.3 is 5.97 Å². The van der Waals surface area contributed by atoms with Crippen LogP contribution in [0.3, 0.4) is 0 Å². The summed E-state index contributed by atoms with van der Waals surface area (Å²) in [6.45, 7) is 4.36. The molecule has 0 spiro atoms. The van der Waals surface area contributed by atoms with E-state index in [1.165, 1.54) is 16.7 Å². The van der Waals surface area contributed by atoms with Gasteiger partial charge in [0.1, 0.15) is 6.04 Å². The predicted molar refractivity (Wildman–Crippen MR) is 81.1 cm³/mol. The van der Waals surface area contributed by atoms with E-state index in [2.05, 4.69) is 4.98 Å². The Hall–Kier alpha value is -1.56. The van der Waals surface area contributed by atoms with Crippen LogP contribution < -0.4 is 0 Å². The highest BCUT2D eigenvalue weighted by atomic mass is 32.2. The lowest BCUT2D eigenvalue weighted by Crippen LogP contribution is -2.56. The molecule has 1 N–H and O–H groups in total. The predicted octanol–water partition coefficient (Wildman–Crippen LogP) is 2.28. The highest BCUT2D eigenvalue weighted by Crippen LogP contribution is 2.35. The average Bonchev–Trinajstić information content (AvgIpc) is 2.44. The lowest BCUT2D eigenvalue weighted by molar-refractivity contribution is -0.157. The number of hydrogen-bond donors (Lipinski definition) is 1. The van der Waals surface area contributed by atoms with Gasteiger partial charge < -0.3 is 10.0 Å². The van der Waals surface area contributed by atoms with Crippen molar-refractivity contribution in [3.63, 3.8) is 0 Å². The molecule has 0 radical (unpaired) electrons. The largest absolute Gasteiger partial charge is 0.480 e. The number of likely N-dealkylation sites (tertiary alicyclic amines) is 1. The fraction of sp³-hybridized carbons (Fsp3) is 0.533. The minimum absolute atomic E-state index is 0.114. The van der Waals surface area contributed by atoms with Gasteiger partial charge in [0.05, 0.1) is 5.75 Å². The molecular formula is C15H20N2O3S. The molecule has 5 nitrogen and oxygen atoms in total. The number of thioether (sulfide) groups is 1. The summed E-state index contributed by atoms with van der Waals surface area (Å²) in [7, 11) is 0. The number of hydrogen-bond acceptors (Lipinski definition) is 4. The van der Waals surface area contributed by atoms with Crippen LogP contribution in [0.4, 0.5) is 0 Å². The Morgan fingerprint density at radius 3 is 2.71 bits per heavy atom. The van der Waals surface area contributed by atoms with E-state index in [-0.39, 0.29) is 17.1 Å². The molecule has 1 aliphatic rings. The summed E-state index contributed by atoms with van der Waals surface area (Å²) >= 11 is 1.41. The molecule has 1 saturated heterocycles. The second kappa shape index (κ2) is 6.47. The average molecular weight is 308 g/mol. The van der Waals surface area contributed by atoms with E-state index >= 15 is 0 Å². The molecule has 1 aromatic heterocycles. The van der Waals surface area contributed by atoms with Gasteiger partial charge in [-0.1, -0.05) is 13.8 Å². The van der Waals surface area contributed by atoms with Crippen LogP contribution in [-0.2, 0) is 9.59 Å². The van der Waals surface area contributed by atoms with Crippen molar-refractivity contribution < 1.29 is 14.7 Å². The van der Waals surface area contributed by atoms with Gasteiger partial charge in [-0.25, -0.2) is 4.79 Å². The number of amides is 1. The van der Waals surface area contributed by atoms with E-state index in [4.69, 9.17) is 0 Å². The number of aliphatic carboxylic acids is 1. The van der Waals surface area contributed by atoms with E-state index < -0.39 is 12.0 Å². The maximum Gasteiger partial charge on any atom is 0.326 e. The summed E-state index contributed by atoms with van der Waals surface area (Å²) in [5, 5.41) is 9.47. The maximum absolute atomic E-state index is 12.4. The number of carboxylic acids is 1. The van der Waals surface area contributed by atoms with Crippen LogP contribution in [0, 0.1) is 5.41 Å². The summed E-state index contributed by atoms with van der Waals surface area (Å²) in [5.41, 5.74) is -0.388. The number of piperidine rings is 1. The number of aromatic nitrogens is 1. The standard InChI is InChI=1S/C15H20N2O3S/c1-15(2)6-3-9-17(13(15)14(19)20)12(18)10-21-11-4-7-16-8-5-11/h4-5,7-8,13H,3,6,9-10H2,1-2H3,(H,19,20). The molecule has 1 atom stereocenters. The van der Waals surface area contributed by atoms with Gasteiger partial charge in [0.2, 0.25) is 5.91 Å². The van der Waals surface area contributed by atoms with E-state index in [9.17, 15) is 14.7 Å².